The van der Waals surface area contributed by atoms with E-state index in [0.717, 1.165) is 21.2 Å². The SMILES string of the molecule is CCOc1cc(NC(=O)c2sc3ccccc3c2Cc2ccc(C)cc2)c(OCC)cc1NC(=O)c1ccccc1. The van der Waals surface area contributed by atoms with Gasteiger partial charge in [-0.3, -0.25) is 9.59 Å². The summed E-state index contributed by atoms with van der Waals surface area (Å²) < 4.78 is 12.8. The highest BCUT2D eigenvalue weighted by Gasteiger charge is 2.22. The Morgan fingerprint density at radius 2 is 1.32 bits per heavy atom. The number of ether oxygens (including phenoxy) is 2. The Labute approximate surface area is 243 Å². The molecule has 7 heteroatoms. The van der Waals surface area contributed by atoms with Crippen molar-refractivity contribution >= 4 is 44.6 Å². The van der Waals surface area contributed by atoms with E-state index in [1.807, 2.05) is 50.2 Å². The Balaban J connectivity index is 1.49. The van der Waals surface area contributed by atoms with Crippen LogP contribution in [0.15, 0.2) is 91.0 Å². The molecule has 5 aromatic rings. The second-order valence-electron chi connectivity index (χ2n) is 9.55. The molecule has 2 N–H and O–H groups in total. The molecule has 208 valence electrons. The Hall–Kier alpha value is -4.62. The first-order valence-corrected chi connectivity index (χ1v) is 14.5. The quantitative estimate of drug-likeness (QED) is 0.180. The number of carbonyl (C=O) groups is 2. The molecule has 0 aliphatic heterocycles. The molecule has 1 aromatic heterocycles. The molecule has 0 aliphatic carbocycles. The third kappa shape index (κ3) is 6.42. The number of thiophene rings is 1. The first-order chi connectivity index (χ1) is 20.0. The van der Waals surface area contributed by atoms with E-state index in [4.69, 9.17) is 9.47 Å². The van der Waals surface area contributed by atoms with E-state index in [-0.39, 0.29) is 11.8 Å². The minimum absolute atomic E-state index is 0.224. The van der Waals surface area contributed by atoms with Crippen molar-refractivity contribution in [3.63, 3.8) is 0 Å². The van der Waals surface area contributed by atoms with Gasteiger partial charge in [-0.05, 0) is 61.9 Å². The lowest BCUT2D eigenvalue weighted by atomic mass is 10.0. The first kappa shape index (κ1) is 27.9. The zero-order valence-electron chi connectivity index (χ0n) is 23.3. The van der Waals surface area contributed by atoms with Crippen molar-refractivity contribution < 1.29 is 19.1 Å². The van der Waals surface area contributed by atoms with E-state index in [1.165, 1.54) is 16.9 Å². The van der Waals surface area contributed by atoms with Gasteiger partial charge in [0.15, 0.2) is 0 Å². The van der Waals surface area contributed by atoms with Crippen LogP contribution in [-0.4, -0.2) is 25.0 Å². The maximum Gasteiger partial charge on any atom is 0.266 e. The zero-order valence-corrected chi connectivity index (χ0v) is 24.1. The maximum absolute atomic E-state index is 13.9. The fourth-order valence-corrected chi connectivity index (χ4v) is 5.75. The van der Waals surface area contributed by atoms with Crippen LogP contribution in [0.3, 0.4) is 0 Å². The number of rotatable bonds is 10. The van der Waals surface area contributed by atoms with E-state index in [2.05, 4.69) is 47.9 Å². The number of carbonyl (C=O) groups excluding carboxylic acids is 2. The molecule has 6 nitrogen and oxygen atoms in total. The Kier molecular flexibility index (Phi) is 8.65. The van der Waals surface area contributed by atoms with Crippen molar-refractivity contribution in [2.45, 2.75) is 27.2 Å². The van der Waals surface area contributed by atoms with Gasteiger partial charge in [0.25, 0.3) is 11.8 Å². The van der Waals surface area contributed by atoms with Crippen LogP contribution in [0.25, 0.3) is 10.1 Å². The molecule has 0 fully saturated rings. The van der Waals surface area contributed by atoms with Gasteiger partial charge < -0.3 is 20.1 Å². The van der Waals surface area contributed by atoms with Crippen molar-refractivity contribution in [3.05, 3.63) is 118 Å². The van der Waals surface area contributed by atoms with Crippen LogP contribution < -0.4 is 20.1 Å². The van der Waals surface area contributed by atoms with Gasteiger partial charge in [0.1, 0.15) is 11.5 Å². The number of aryl methyl sites for hydroxylation is 1. The summed E-state index contributed by atoms with van der Waals surface area (Å²) >= 11 is 1.48. The van der Waals surface area contributed by atoms with Gasteiger partial charge >= 0.3 is 0 Å². The molecule has 0 saturated heterocycles. The standard InChI is InChI=1S/C34H32N2O4S/c1-4-39-29-21-28(30(40-5-2)20-27(29)35-33(37)24-11-7-6-8-12-24)36-34(38)32-26(19-23-17-15-22(3)16-18-23)25-13-9-10-14-31(25)41-32/h6-18,20-21H,4-5,19H2,1-3H3,(H,35,37)(H,36,38). The number of hydrogen-bond donors (Lipinski definition) is 2. The minimum Gasteiger partial charge on any atom is -0.492 e. The molecule has 0 bridgehead atoms. The Bertz CT molecular complexity index is 1680. The average molecular weight is 565 g/mol. The molecule has 0 aliphatic rings. The van der Waals surface area contributed by atoms with Crippen LogP contribution in [0, 0.1) is 6.92 Å². The number of benzene rings is 4. The lowest BCUT2D eigenvalue weighted by molar-refractivity contribution is 0.101. The lowest BCUT2D eigenvalue weighted by Crippen LogP contribution is -2.16. The number of nitrogens with one attached hydrogen (secondary N) is 2. The molecular formula is C34H32N2O4S. The van der Waals surface area contributed by atoms with Gasteiger partial charge in [0.2, 0.25) is 0 Å². The molecular weight excluding hydrogens is 532 g/mol. The summed E-state index contributed by atoms with van der Waals surface area (Å²) in [5, 5.41) is 7.07. The molecule has 0 radical (unpaired) electrons. The van der Waals surface area contributed by atoms with Crippen molar-refractivity contribution in [2.75, 3.05) is 23.8 Å². The van der Waals surface area contributed by atoms with Crippen molar-refractivity contribution in [1.82, 2.24) is 0 Å². The fourth-order valence-electron chi connectivity index (χ4n) is 4.64. The summed E-state index contributed by atoms with van der Waals surface area (Å²) in [4.78, 5) is 27.4. The van der Waals surface area contributed by atoms with Gasteiger partial charge in [-0.1, -0.05) is 66.2 Å². The highest BCUT2D eigenvalue weighted by molar-refractivity contribution is 7.21. The third-order valence-corrected chi connectivity index (χ3v) is 7.83. The highest BCUT2D eigenvalue weighted by Crippen LogP contribution is 2.39. The van der Waals surface area contributed by atoms with E-state index in [9.17, 15) is 9.59 Å². The molecule has 5 rings (SSSR count). The van der Waals surface area contributed by atoms with E-state index in [1.54, 1.807) is 24.3 Å². The molecule has 0 saturated carbocycles. The summed E-state index contributed by atoms with van der Waals surface area (Å²) in [6, 6.07) is 28.8. The lowest BCUT2D eigenvalue weighted by Gasteiger charge is -2.18. The number of fused-ring (bicyclic) bond motifs is 1. The molecule has 41 heavy (non-hydrogen) atoms. The number of amides is 2. The topological polar surface area (TPSA) is 76.7 Å². The third-order valence-electron chi connectivity index (χ3n) is 6.62. The predicted octanol–water partition coefficient (Wildman–Crippen LogP) is 8.10. The number of hydrogen-bond acceptors (Lipinski definition) is 5. The summed E-state index contributed by atoms with van der Waals surface area (Å²) in [5.41, 5.74) is 4.78. The van der Waals surface area contributed by atoms with Gasteiger partial charge in [0, 0.05) is 22.4 Å². The zero-order chi connectivity index (χ0) is 28.8. The smallest absolute Gasteiger partial charge is 0.266 e. The minimum atomic E-state index is -0.267. The van der Waals surface area contributed by atoms with Crippen molar-refractivity contribution in [2.24, 2.45) is 0 Å². The van der Waals surface area contributed by atoms with Gasteiger partial charge in [0.05, 0.1) is 29.5 Å². The molecule has 0 unspecified atom stereocenters. The van der Waals surface area contributed by atoms with Crippen molar-refractivity contribution in [3.8, 4) is 11.5 Å². The monoisotopic (exact) mass is 564 g/mol. The van der Waals surface area contributed by atoms with Crippen LogP contribution in [0.4, 0.5) is 11.4 Å². The largest absolute Gasteiger partial charge is 0.492 e. The van der Waals surface area contributed by atoms with Crippen LogP contribution in [0.5, 0.6) is 11.5 Å². The molecule has 1 heterocycles. The van der Waals surface area contributed by atoms with Crippen LogP contribution in [0.2, 0.25) is 0 Å². The van der Waals surface area contributed by atoms with Crippen LogP contribution in [-0.2, 0) is 6.42 Å². The van der Waals surface area contributed by atoms with Gasteiger partial charge in [-0.2, -0.15) is 0 Å². The van der Waals surface area contributed by atoms with Gasteiger partial charge in [-0.15, -0.1) is 11.3 Å². The van der Waals surface area contributed by atoms with Crippen LogP contribution >= 0.6 is 11.3 Å². The molecule has 0 spiro atoms. The van der Waals surface area contributed by atoms with E-state index >= 15 is 0 Å². The summed E-state index contributed by atoms with van der Waals surface area (Å²) in [6.07, 6.45) is 0.639. The maximum atomic E-state index is 13.9. The summed E-state index contributed by atoms with van der Waals surface area (Å²) in [7, 11) is 0. The highest BCUT2D eigenvalue weighted by atomic mass is 32.1. The Morgan fingerprint density at radius 3 is 1.95 bits per heavy atom. The predicted molar refractivity (Wildman–Crippen MR) is 167 cm³/mol. The second kappa shape index (κ2) is 12.7. The van der Waals surface area contributed by atoms with Crippen molar-refractivity contribution in [1.29, 1.82) is 0 Å². The second-order valence-corrected chi connectivity index (χ2v) is 10.6. The first-order valence-electron chi connectivity index (χ1n) is 13.6. The fraction of sp³-hybridized carbons (Fsp3) is 0.176. The summed E-state index contributed by atoms with van der Waals surface area (Å²) in [6.45, 7) is 6.56. The van der Waals surface area contributed by atoms with E-state index < -0.39 is 0 Å². The Morgan fingerprint density at radius 1 is 0.732 bits per heavy atom. The number of anilines is 2. The summed E-state index contributed by atoms with van der Waals surface area (Å²) in [5.74, 6) is 0.384. The normalized spacial score (nSPS) is 10.8. The van der Waals surface area contributed by atoms with E-state index in [0.29, 0.717) is 52.9 Å². The molecule has 4 aromatic carbocycles. The van der Waals surface area contributed by atoms with Crippen LogP contribution in [0.1, 0.15) is 50.6 Å². The van der Waals surface area contributed by atoms with Gasteiger partial charge in [-0.25, -0.2) is 0 Å². The molecule has 0 atom stereocenters. The molecule has 2 amide bonds. The average Bonchev–Trinajstić information content (AvgIpc) is 3.35.